The van der Waals surface area contributed by atoms with E-state index in [1.807, 2.05) is 4.90 Å². The molecule has 0 radical (unpaired) electrons. The van der Waals surface area contributed by atoms with Gasteiger partial charge in [0.1, 0.15) is 12.1 Å². The van der Waals surface area contributed by atoms with Crippen molar-refractivity contribution in [2.45, 2.75) is 25.3 Å². The number of nitrogens with zero attached hydrogens (tertiary/aromatic N) is 4. The number of carbonyl (C=O) groups is 1. The van der Waals surface area contributed by atoms with Crippen LogP contribution in [0.25, 0.3) is 11.0 Å². The number of anilines is 2. The number of fused-ring (bicyclic) bond motifs is 1. The Morgan fingerprint density at radius 1 is 1.21 bits per heavy atom. The van der Waals surface area contributed by atoms with Crippen LogP contribution in [0, 0.1) is 0 Å². The first kappa shape index (κ1) is 19.7. The minimum absolute atomic E-state index is 0.0333. The van der Waals surface area contributed by atoms with Crippen LogP contribution < -0.4 is 10.6 Å². The Hall–Kier alpha value is -2.58. The number of likely N-dealkylation sites (tertiary alicyclic amines) is 1. The largest absolute Gasteiger partial charge is 0.376 e. The minimum Gasteiger partial charge on any atom is -0.376 e. The zero-order chi connectivity index (χ0) is 20.2. The van der Waals surface area contributed by atoms with Gasteiger partial charge in [-0.1, -0.05) is 23.2 Å². The maximum absolute atomic E-state index is 12.8. The molecule has 152 valence electrons. The fourth-order valence-corrected chi connectivity index (χ4v) is 4.03. The molecule has 1 aliphatic heterocycles. The van der Waals surface area contributed by atoms with E-state index in [0.717, 1.165) is 42.7 Å². The Labute approximate surface area is 178 Å². The molecule has 2 aromatic heterocycles. The van der Waals surface area contributed by atoms with Crippen molar-refractivity contribution in [3.8, 4) is 0 Å². The molecular formula is C19H21Cl2N7O. The first-order valence-corrected chi connectivity index (χ1v) is 10.2. The molecule has 10 heteroatoms. The van der Waals surface area contributed by atoms with E-state index >= 15 is 0 Å². The van der Waals surface area contributed by atoms with Gasteiger partial charge in [0.15, 0.2) is 5.65 Å². The molecule has 3 heterocycles. The lowest BCUT2D eigenvalue weighted by Crippen LogP contribution is -2.42. The monoisotopic (exact) mass is 433 g/mol. The van der Waals surface area contributed by atoms with Gasteiger partial charge in [0.2, 0.25) is 5.91 Å². The predicted octanol–water partition coefficient (Wildman–Crippen LogP) is 3.56. The van der Waals surface area contributed by atoms with Crippen molar-refractivity contribution < 1.29 is 4.79 Å². The standard InChI is InChI=1S/C19H21Cl2N7O/c20-12-5-13(21)7-15(6-12)22-9-17(29)28-4-2-1-3-14(10-28)26-18-16-8-25-27-19(16)24-11-23-18/h5-8,11,14,22H,1-4,9-10H2,(H2,23,24,25,26,27). The molecule has 3 N–H and O–H groups in total. The highest BCUT2D eigenvalue weighted by molar-refractivity contribution is 6.35. The summed E-state index contributed by atoms with van der Waals surface area (Å²) >= 11 is 12.0. The SMILES string of the molecule is O=C(CNc1cc(Cl)cc(Cl)c1)N1CCCCC(Nc2ncnc3[nH]ncc23)C1. The fraction of sp³-hybridized carbons (Fsp3) is 0.368. The number of aromatic nitrogens is 4. The van der Waals surface area contributed by atoms with Crippen LogP contribution in [0.1, 0.15) is 19.3 Å². The van der Waals surface area contributed by atoms with Crippen molar-refractivity contribution >= 4 is 51.6 Å². The quantitative estimate of drug-likeness (QED) is 0.568. The van der Waals surface area contributed by atoms with Crippen LogP contribution in [0.15, 0.2) is 30.7 Å². The average molecular weight is 434 g/mol. The summed E-state index contributed by atoms with van der Waals surface area (Å²) in [4.78, 5) is 23.2. The highest BCUT2D eigenvalue weighted by Crippen LogP contribution is 2.23. The van der Waals surface area contributed by atoms with Crippen LogP contribution in [0.4, 0.5) is 11.5 Å². The second-order valence-corrected chi connectivity index (χ2v) is 7.92. The number of hydrogen-bond acceptors (Lipinski definition) is 6. The number of halogens is 2. The van der Waals surface area contributed by atoms with Crippen molar-refractivity contribution in [2.75, 3.05) is 30.3 Å². The van der Waals surface area contributed by atoms with Gasteiger partial charge in [-0.3, -0.25) is 9.89 Å². The molecular weight excluding hydrogens is 413 g/mol. The summed E-state index contributed by atoms with van der Waals surface area (Å²) in [6.45, 7) is 1.53. The third-order valence-corrected chi connectivity index (χ3v) is 5.36. The summed E-state index contributed by atoms with van der Waals surface area (Å²) in [5.74, 6) is 0.765. The van der Waals surface area contributed by atoms with Crippen LogP contribution in [0.5, 0.6) is 0 Å². The maximum Gasteiger partial charge on any atom is 0.241 e. The van der Waals surface area contributed by atoms with Crippen molar-refractivity contribution in [3.63, 3.8) is 0 Å². The second-order valence-electron chi connectivity index (χ2n) is 7.04. The van der Waals surface area contributed by atoms with E-state index in [1.165, 1.54) is 6.33 Å². The molecule has 0 saturated carbocycles. The van der Waals surface area contributed by atoms with E-state index in [1.54, 1.807) is 24.4 Å². The first-order chi connectivity index (χ1) is 14.1. The number of carbonyl (C=O) groups excluding carboxylic acids is 1. The molecule has 0 spiro atoms. The van der Waals surface area contributed by atoms with Gasteiger partial charge in [-0.15, -0.1) is 0 Å². The second kappa shape index (κ2) is 8.84. The third-order valence-electron chi connectivity index (χ3n) is 4.92. The summed E-state index contributed by atoms with van der Waals surface area (Å²) in [5, 5.41) is 15.3. The molecule has 1 atom stereocenters. The Balaban J connectivity index is 1.39. The smallest absolute Gasteiger partial charge is 0.241 e. The number of amides is 1. The first-order valence-electron chi connectivity index (χ1n) is 9.47. The van der Waals surface area contributed by atoms with Crippen LogP contribution >= 0.6 is 23.2 Å². The van der Waals surface area contributed by atoms with Crippen molar-refractivity contribution in [1.82, 2.24) is 25.1 Å². The lowest BCUT2D eigenvalue weighted by Gasteiger charge is -2.26. The lowest BCUT2D eigenvalue weighted by molar-refractivity contribution is -0.129. The normalized spacial score (nSPS) is 17.2. The summed E-state index contributed by atoms with van der Waals surface area (Å²) in [6, 6.07) is 5.26. The summed E-state index contributed by atoms with van der Waals surface area (Å²) in [6.07, 6.45) is 6.18. The van der Waals surface area contributed by atoms with E-state index in [-0.39, 0.29) is 18.5 Å². The highest BCUT2D eigenvalue weighted by atomic mass is 35.5. The van der Waals surface area contributed by atoms with E-state index in [0.29, 0.717) is 22.2 Å². The molecule has 4 rings (SSSR count). The van der Waals surface area contributed by atoms with Gasteiger partial charge in [0.05, 0.1) is 18.1 Å². The van der Waals surface area contributed by atoms with Gasteiger partial charge in [-0.05, 0) is 37.5 Å². The van der Waals surface area contributed by atoms with E-state index in [2.05, 4.69) is 30.8 Å². The fourth-order valence-electron chi connectivity index (χ4n) is 3.50. The zero-order valence-corrected chi connectivity index (χ0v) is 17.2. The van der Waals surface area contributed by atoms with Gasteiger partial charge in [-0.2, -0.15) is 5.10 Å². The molecule has 29 heavy (non-hydrogen) atoms. The summed E-state index contributed by atoms with van der Waals surface area (Å²) in [7, 11) is 0. The van der Waals surface area contributed by atoms with Gasteiger partial charge in [0, 0.05) is 34.9 Å². The molecule has 0 bridgehead atoms. The molecule has 1 amide bonds. The molecule has 1 aromatic carbocycles. The van der Waals surface area contributed by atoms with Gasteiger partial charge in [-0.25, -0.2) is 9.97 Å². The zero-order valence-electron chi connectivity index (χ0n) is 15.7. The van der Waals surface area contributed by atoms with Crippen LogP contribution in [-0.2, 0) is 4.79 Å². The number of H-pyrrole nitrogens is 1. The minimum atomic E-state index is 0.0333. The molecule has 3 aromatic rings. The van der Waals surface area contributed by atoms with Crippen LogP contribution in [0.3, 0.4) is 0 Å². The van der Waals surface area contributed by atoms with Crippen molar-refractivity contribution in [1.29, 1.82) is 0 Å². The van der Waals surface area contributed by atoms with Gasteiger partial charge >= 0.3 is 0 Å². The average Bonchev–Trinajstić information content (AvgIpc) is 3.05. The summed E-state index contributed by atoms with van der Waals surface area (Å²) in [5.41, 5.74) is 1.41. The molecule has 1 unspecified atom stereocenters. The number of nitrogens with one attached hydrogen (secondary N) is 3. The van der Waals surface area contributed by atoms with Crippen molar-refractivity contribution in [3.05, 3.63) is 40.8 Å². The molecule has 1 saturated heterocycles. The topological polar surface area (TPSA) is 98.8 Å². The lowest BCUT2D eigenvalue weighted by atomic mass is 10.1. The molecule has 1 aliphatic rings. The third kappa shape index (κ3) is 4.89. The van der Waals surface area contributed by atoms with Crippen LogP contribution in [-0.4, -0.2) is 56.6 Å². The number of hydrogen-bond donors (Lipinski definition) is 3. The number of rotatable bonds is 5. The van der Waals surface area contributed by atoms with Crippen molar-refractivity contribution in [2.24, 2.45) is 0 Å². The molecule has 0 aliphatic carbocycles. The Morgan fingerprint density at radius 3 is 2.86 bits per heavy atom. The number of aromatic amines is 1. The summed E-state index contributed by atoms with van der Waals surface area (Å²) < 4.78 is 0. The van der Waals surface area contributed by atoms with E-state index < -0.39 is 0 Å². The van der Waals surface area contributed by atoms with Gasteiger partial charge in [0.25, 0.3) is 0 Å². The highest BCUT2D eigenvalue weighted by Gasteiger charge is 2.23. The molecule has 8 nitrogen and oxygen atoms in total. The van der Waals surface area contributed by atoms with Gasteiger partial charge < -0.3 is 15.5 Å². The maximum atomic E-state index is 12.8. The molecule has 1 fully saturated rings. The predicted molar refractivity (Wildman–Crippen MR) is 114 cm³/mol. The Morgan fingerprint density at radius 2 is 2.03 bits per heavy atom. The van der Waals surface area contributed by atoms with E-state index in [9.17, 15) is 4.79 Å². The van der Waals surface area contributed by atoms with Crippen LogP contribution in [0.2, 0.25) is 10.0 Å². The van der Waals surface area contributed by atoms with E-state index in [4.69, 9.17) is 23.2 Å². The number of benzene rings is 1. The Bertz CT molecular complexity index is 989. The Kier molecular flexibility index (Phi) is 6.01.